The van der Waals surface area contributed by atoms with Gasteiger partial charge in [-0.1, -0.05) is 18.2 Å². The molecule has 0 aliphatic rings. The third kappa shape index (κ3) is 3.17. The van der Waals surface area contributed by atoms with Gasteiger partial charge in [0.1, 0.15) is 12.4 Å². The van der Waals surface area contributed by atoms with Gasteiger partial charge in [-0.25, -0.2) is 4.39 Å². The Morgan fingerprint density at radius 2 is 1.88 bits per heavy atom. The third-order valence-corrected chi connectivity index (χ3v) is 2.43. The van der Waals surface area contributed by atoms with Crippen molar-refractivity contribution in [2.45, 2.75) is 13.1 Å². The summed E-state index contributed by atoms with van der Waals surface area (Å²) in [6.45, 7) is 0.466. The quantitative estimate of drug-likeness (QED) is 0.858. The highest BCUT2D eigenvalue weighted by molar-refractivity contribution is 5.75. The van der Waals surface area contributed by atoms with E-state index in [4.69, 9.17) is 0 Å². The number of nitrogens with zero attached hydrogens (tertiary/aromatic N) is 1. The summed E-state index contributed by atoms with van der Waals surface area (Å²) in [7, 11) is 0. The molecule has 0 radical (unpaired) electrons. The maximum Gasteiger partial charge on any atom is 0.240 e. The van der Waals surface area contributed by atoms with Crippen LogP contribution in [0.1, 0.15) is 5.56 Å². The van der Waals surface area contributed by atoms with Crippen LogP contribution in [0.15, 0.2) is 48.8 Å². The molecule has 1 aromatic heterocycles. The molecule has 0 fully saturated rings. The van der Waals surface area contributed by atoms with E-state index < -0.39 is 0 Å². The summed E-state index contributed by atoms with van der Waals surface area (Å²) in [5.41, 5.74) is 0.494. The van der Waals surface area contributed by atoms with Crippen LogP contribution in [0, 0.1) is 5.82 Å². The molecule has 1 amide bonds. The predicted molar refractivity (Wildman–Crippen MR) is 62.7 cm³/mol. The summed E-state index contributed by atoms with van der Waals surface area (Å²) in [5, 5.41) is 2.68. The fraction of sp³-hybridized carbons (Fsp3) is 0.154. The number of benzene rings is 1. The van der Waals surface area contributed by atoms with Gasteiger partial charge in [-0.05, 0) is 18.2 Å². The lowest BCUT2D eigenvalue weighted by atomic mass is 10.2. The minimum Gasteiger partial charge on any atom is -0.350 e. The molecule has 88 valence electrons. The Morgan fingerprint density at radius 3 is 2.59 bits per heavy atom. The van der Waals surface area contributed by atoms with E-state index in [1.54, 1.807) is 22.8 Å². The van der Waals surface area contributed by atoms with Crippen molar-refractivity contribution in [3.63, 3.8) is 0 Å². The minimum absolute atomic E-state index is 0.135. The predicted octanol–water partition coefficient (Wildman–Crippen LogP) is 1.94. The summed E-state index contributed by atoms with van der Waals surface area (Å²) in [4.78, 5) is 11.5. The molecule has 0 unspecified atom stereocenters. The largest absolute Gasteiger partial charge is 0.350 e. The molecule has 0 spiro atoms. The maximum absolute atomic E-state index is 13.3. The zero-order valence-corrected chi connectivity index (χ0v) is 9.27. The van der Waals surface area contributed by atoms with Crippen LogP contribution in [-0.4, -0.2) is 10.5 Å². The molecule has 4 heteroatoms. The van der Waals surface area contributed by atoms with Crippen LogP contribution in [0.5, 0.6) is 0 Å². The number of carbonyl (C=O) groups excluding carboxylic acids is 1. The van der Waals surface area contributed by atoms with Gasteiger partial charge in [0.05, 0.1) is 0 Å². The van der Waals surface area contributed by atoms with Gasteiger partial charge in [0.2, 0.25) is 5.91 Å². The molecule has 1 aromatic carbocycles. The number of hydrogen-bond acceptors (Lipinski definition) is 1. The standard InChI is InChI=1S/C13H13FN2O/c14-12-6-2-1-5-11(12)9-15-13(17)10-16-7-3-4-8-16/h1-8H,9-10H2,(H,15,17). The number of aromatic nitrogens is 1. The number of halogens is 1. The van der Waals surface area contributed by atoms with Crippen molar-refractivity contribution in [1.82, 2.24) is 9.88 Å². The number of nitrogens with one attached hydrogen (secondary N) is 1. The summed E-state index contributed by atoms with van der Waals surface area (Å²) in [5.74, 6) is -0.432. The number of amides is 1. The summed E-state index contributed by atoms with van der Waals surface area (Å²) < 4.78 is 15.0. The number of carbonyl (C=O) groups is 1. The summed E-state index contributed by atoms with van der Waals surface area (Å²) >= 11 is 0. The van der Waals surface area contributed by atoms with E-state index in [0.29, 0.717) is 5.56 Å². The Labute approximate surface area is 98.9 Å². The lowest BCUT2D eigenvalue weighted by molar-refractivity contribution is -0.121. The highest BCUT2D eigenvalue weighted by Crippen LogP contribution is 2.05. The van der Waals surface area contributed by atoms with E-state index in [9.17, 15) is 9.18 Å². The Morgan fingerprint density at radius 1 is 1.18 bits per heavy atom. The molecule has 0 atom stereocenters. The first-order chi connectivity index (χ1) is 8.25. The minimum atomic E-state index is -0.297. The summed E-state index contributed by atoms with van der Waals surface area (Å²) in [6, 6.07) is 10.1. The molecule has 1 N–H and O–H groups in total. The van der Waals surface area contributed by atoms with E-state index in [2.05, 4.69) is 5.32 Å². The zero-order chi connectivity index (χ0) is 12.1. The van der Waals surface area contributed by atoms with Gasteiger partial charge >= 0.3 is 0 Å². The van der Waals surface area contributed by atoms with Crippen LogP contribution >= 0.6 is 0 Å². The van der Waals surface area contributed by atoms with Gasteiger partial charge in [-0.15, -0.1) is 0 Å². The van der Waals surface area contributed by atoms with Gasteiger partial charge in [0.15, 0.2) is 0 Å². The monoisotopic (exact) mass is 232 g/mol. The molecule has 0 aliphatic heterocycles. The fourth-order valence-electron chi connectivity index (χ4n) is 1.53. The van der Waals surface area contributed by atoms with E-state index in [1.807, 2.05) is 24.5 Å². The lowest BCUT2D eigenvalue weighted by Gasteiger charge is -2.06. The Balaban J connectivity index is 1.86. The third-order valence-electron chi connectivity index (χ3n) is 2.43. The highest BCUT2D eigenvalue weighted by atomic mass is 19.1. The normalized spacial score (nSPS) is 10.2. The van der Waals surface area contributed by atoms with E-state index in [1.165, 1.54) is 6.07 Å². The van der Waals surface area contributed by atoms with Crippen molar-refractivity contribution in [1.29, 1.82) is 0 Å². The van der Waals surface area contributed by atoms with Crippen molar-refractivity contribution in [2.24, 2.45) is 0 Å². The zero-order valence-electron chi connectivity index (χ0n) is 9.27. The van der Waals surface area contributed by atoms with Gasteiger partial charge in [-0.2, -0.15) is 0 Å². The van der Waals surface area contributed by atoms with Gasteiger partial charge in [-0.3, -0.25) is 4.79 Å². The lowest BCUT2D eigenvalue weighted by Crippen LogP contribution is -2.26. The first-order valence-electron chi connectivity index (χ1n) is 5.36. The molecule has 2 rings (SSSR count). The Bertz CT molecular complexity index is 494. The van der Waals surface area contributed by atoms with Crippen molar-refractivity contribution in [3.05, 3.63) is 60.2 Å². The first kappa shape index (κ1) is 11.4. The van der Waals surface area contributed by atoms with Crippen LogP contribution in [0.3, 0.4) is 0 Å². The molecule has 3 nitrogen and oxygen atoms in total. The maximum atomic E-state index is 13.3. The molecular formula is C13H13FN2O. The van der Waals surface area contributed by atoms with Gasteiger partial charge < -0.3 is 9.88 Å². The van der Waals surface area contributed by atoms with Gasteiger partial charge in [0, 0.05) is 24.5 Å². The van der Waals surface area contributed by atoms with Crippen molar-refractivity contribution in [3.8, 4) is 0 Å². The second-order valence-electron chi connectivity index (χ2n) is 3.72. The molecular weight excluding hydrogens is 219 g/mol. The van der Waals surface area contributed by atoms with Crippen LogP contribution in [0.4, 0.5) is 4.39 Å². The highest BCUT2D eigenvalue weighted by Gasteiger charge is 2.04. The van der Waals surface area contributed by atoms with E-state index in [-0.39, 0.29) is 24.8 Å². The second-order valence-corrected chi connectivity index (χ2v) is 3.72. The molecule has 0 bridgehead atoms. The smallest absolute Gasteiger partial charge is 0.240 e. The van der Waals surface area contributed by atoms with Crippen LogP contribution in [-0.2, 0) is 17.9 Å². The topological polar surface area (TPSA) is 34.0 Å². The molecule has 0 saturated carbocycles. The average Bonchev–Trinajstić information content (AvgIpc) is 2.81. The molecule has 1 heterocycles. The van der Waals surface area contributed by atoms with E-state index in [0.717, 1.165) is 0 Å². The SMILES string of the molecule is O=C(Cn1cccc1)NCc1ccccc1F. The molecule has 0 aliphatic carbocycles. The Kier molecular flexibility index (Phi) is 3.55. The molecule has 17 heavy (non-hydrogen) atoms. The van der Waals surface area contributed by atoms with Crippen LogP contribution < -0.4 is 5.32 Å². The van der Waals surface area contributed by atoms with Crippen molar-refractivity contribution < 1.29 is 9.18 Å². The number of rotatable bonds is 4. The van der Waals surface area contributed by atoms with Crippen LogP contribution in [0.2, 0.25) is 0 Å². The average molecular weight is 232 g/mol. The van der Waals surface area contributed by atoms with Crippen LogP contribution in [0.25, 0.3) is 0 Å². The van der Waals surface area contributed by atoms with E-state index >= 15 is 0 Å². The Hall–Kier alpha value is -2.10. The van der Waals surface area contributed by atoms with Crippen molar-refractivity contribution >= 4 is 5.91 Å². The fourth-order valence-corrected chi connectivity index (χ4v) is 1.53. The molecule has 2 aromatic rings. The number of hydrogen-bond donors (Lipinski definition) is 1. The molecule has 0 saturated heterocycles. The second kappa shape index (κ2) is 5.30. The first-order valence-corrected chi connectivity index (χ1v) is 5.36. The van der Waals surface area contributed by atoms with Crippen molar-refractivity contribution in [2.75, 3.05) is 0 Å². The van der Waals surface area contributed by atoms with Gasteiger partial charge in [0.25, 0.3) is 0 Å². The summed E-state index contributed by atoms with van der Waals surface area (Å²) in [6.07, 6.45) is 3.62.